The van der Waals surface area contributed by atoms with Crippen LogP contribution in [0.4, 0.5) is 0 Å². The van der Waals surface area contributed by atoms with Gasteiger partial charge < -0.3 is 15.6 Å². The smallest absolute Gasteiger partial charge is 0.124 e. The summed E-state index contributed by atoms with van der Waals surface area (Å²) in [6.45, 7) is 2.67. The SMILES string of the molecule is CCC(O)COc1ccc2ccccc2c1CN. The molecule has 0 aliphatic carbocycles. The van der Waals surface area contributed by atoms with Gasteiger partial charge in [0, 0.05) is 12.1 Å². The topological polar surface area (TPSA) is 55.5 Å². The number of ether oxygens (including phenoxy) is 1. The van der Waals surface area contributed by atoms with Gasteiger partial charge in [0.25, 0.3) is 0 Å². The van der Waals surface area contributed by atoms with Crippen LogP contribution in [-0.4, -0.2) is 17.8 Å². The molecule has 0 aliphatic heterocycles. The Bertz CT molecular complexity index is 525. The molecule has 1 unspecified atom stereocenters. The van der Waals surface area contributed by atoms with Crippen LogP contribution in [-0.2, 0) is 6.54 Å². The van der Waals surface area contributed by atoms with E-state index in [9.17, 15) is 5.11 Å². The zero-order valence-electron chi connectivity index (χ0n) is 10.6. The average molecular weight is 245 g/mol. The van der Waals surface area contributed by atoms with Crippen molar-refractivity contribution in [2.75, 3.05) is 6.61 Å². The number of rotatable bonds is 5. The lowest BCUT2D eigenvalue weighted by Crippen LogP contribution is -2.17. The number of aliphatic hydroxyl groups is 1. The van der Waals surface area contributed by atoms with E-state index in [1.807, 2.05) is 37.3 Å². The lowest BCUT2D eigenvalue weighted by atomic mass is 10.0. The van der Waals surface area contributed by atoms with Crippen molar-refractivity contribution >= 4 is 10.8 Å². The van der Waals surface area contributed by atoms with Gasteiger partial charge in [0.15, 0.2) is 0 Å². The zero-order chi connectivity index (χ0) is 13.0. The van der Waals surface area contributed by atoms with Crippen LogP contribution in [0, 0.1) is 0 Å². The summed E-state index contributed by atoms with van der Waals surface area (Å²) in [6.07, 6.45) is 0.257. The summed E-state index contributed by atoms with van der Waals surface area (Å²) in [5.41, 5.74) is 6.81. The van der Waals surface area contributed by atoms with Crippen LogP contribution in [0.3, 0.4) is 0 Å². The van der Waals surface area contributed by atoms with Gasteiger partial charge in [-0.05, 0) is 23.3 Å². The van der Waals surface area contributed by atoms with Gasteiger partial charge in [-0.1, -0.05) is 37.3 Å². The van der Waals surface area contributed by atoms with Gasteiger partial charge in [0.1, 0.15) is 12.4 Å². The normalized spacial score (nSPS) is 12.6. The van der Waals surface area contributed by atoms with E-state index in [-0.39, 0.29) is 0 Å². The second-order valence-corrected chi connectivity index (χ2v) is 4.34. The summed E-state index contributed by atoms with van der Waals surface area (Å²) in [7, 11) is 0. The van der Waals surface area contributed by atoms with Crippen molar-refractivity contribution in [2.45, 2.75) is 26.0 Å². The van der Waals surface area contributed by atoms with E-state index in [4.69, 9.17) is 10.5 Å². The molecule has 3 N–H and O–H groups in total. The van der Waals surface area contributed by atoms with Crippen LogP contribution in [0.5, 0.6) is 5.75 Å². The number of hydrogen-bond donors (Lipinski definition) is 2. The summed E-state index contributed by atoms with van der Waals surface area (Å²) < 4.78 is 5.66. The molecule has 0 aromatic heterocycles. The first-order chi connectivity index (χ1) is 8.76. The van der Waals surface area contributed by atoms with Gasteiger partial charge in [-0.15, -0.1) is 0 Å². The molecule has 0 bridgehead atoms. The van der Waals surface area contributed by atoms with Crippen molar-refractivity contribution in [1.82, 2.24) is 0 Å². The van der Waals surface area contributed by atoms with Crippen molar-refractivity contribution in [1.29, 1.82) is 0 Å². The molecule has 0 heterocycles. The second-order valence-electron chi connectivity index (χ2n) is 4.34. The Morgan fingerprint density at radius 2 is 2.00 bits per heavy atom. The molecule has 18 heavy (non-hydrogen) atoms. The number of fused-ring (bicyclic) bond motifs is 1. The van der Waals surface area contributed by atoms with Gasteiger partial charge in [-0.2, -0.15) is 0 Å². The molecule has 0 fully saturated rings. The molecule has 3 heteroatoms. The molecule has 0 radical (unpaired) electrons. The van der Waals surface area contributed by atoms with E-state index < -0.39 is 6.10 Å². The predicted octanol–water partition coefficient (Wildman–Crippen LogP) is 2.45. The van der Waals surface area contributed by atoms with E-state index in [0.717, 1.165) is 22.1 Å². The van der Waals surface area contributed by atoms with Gasteiger partial charge >= 0.3 is 0 Å². The first-order valence-electron chi connectivity index (χ1n) is 6.27. The van der Waals surface area contributed by atoms with E-state index in [1.54, 1.807) is 0 Å². The van der Waals surface area contributed by atoms with Crippen molar-refractivity contribution in [3.8, 4) is 5.75 Å². The maximum atomic E-state index is 9.54. The molecule has 96 valence electrons. The third kappa shape index (κ3) is 2.63. The Balaban J connectivity index is 2.33. The van der Waals surface area contributed by atoms with E-state index in [1.165, 1.54) is 0 Å². The highest BCUT2D eigenvalue weighted by molar-refractivity contribution is 5.87. The Morgan fingerprint density at radius 1 is 1.22 bits per heavy atom. The third-order valence-corrected chi connectivity index (χ3v) is 3.10. The molecule has 3 nitrogen and oxygen atoms in total. The van der Waals surface area contributed by atoms with Crippen molar-refractivity contribution in [2.24, 2.45) is 5.73 Å². The summed E-state index contributed by atoms with van der Waals surface area (Å²) in [5.74, 6) is 0.767. The van der Waals surface area contributed by atoms with Crippen molar-refractivity contribution in [3.63, 3.8) is 0 Å². The number of aliphatic hydroxyl groups excluding tert-OH is 1. The van der Waals surface area contributed by atoms with Gasteiger partial charge in [-0.25, -0.2) is 0 Å². The number of hydrogen-bond acceptors (Lipinski definition) is 3. The molecule has 0 amide bonds. The zero-order valence-corrected chi connectivity index (χ0v) is 10.6. The van der Waals surface area contributed by atoms with Crippen LogP contribution < -0.4 is 10.5 Å². The Morgan fingerprint density at radius 3 is 2.72 bits per heavy atom. The summed E-state index contributed by atoms with van der Waals surface area (Å²) >= 11 is 0. The molecule has 0 aliphatic rings. The van der Waals surface area contributed by atoms with Crippen LogP contribution in [0.25, 0.3) is 10.8 Å². The average Bonchev–Trinajstić information content (AvgIpc) is 2.43. The third-order valence-electron chi connectivity index (χ3n) is 3.10. The molecule has 2 rings (SSSR count). The minimum Gasteiger partial charge on any atom is -0.491 e. The van der Waals surface area contributed by atoms with E-state index in [0.29, 0.717) is 19.6 Å². The highest BCUT2D eigenvalue weighted by Gasteiger charge is 2.09. The minimum atomic E-state index is -0.429. The molecule has 2 aromatic carbocycles. The molecule has 0 spiro atoms. The molecule has 0 saturated carbocycles. The first-order valence-corrected chi connectivity index (χ1v) is 6.27. The first kappa shape index (κ1) is 12.9. The second kappa shape index (κ2) is 5.85. The fourth-order valence-corrected chi connectivity index (χ4v) is 1.97. The van der Waals surface area contributed by atoms with Crippen LogP contribution in [0.2, 0.25) is 0 Å². The Kier molecular flexibility index (Phi) is 4.18. The quantitative estimate of drug-likeness (QED) is 0.850. The molecule has 0 saturated heterocycles. The van der Waals surface area contributed by atoms with E-state index >= 15 is 0 Å². The molecule has 2 aromatic rings. The lowest BCUT2D eigenvalue weighted by Gasteiger charge is -2.15. The maximum absolute atomic E-state index is 9.54. The summed E-state index contributed by atoms with van der Waals surface area (Å²) in [4.78, 5) is 0. The number of benzene rings is 2. The van der Waals surface area contributed by atoms with E-state index in [2.05, 4.69) is 6.07 Å². The fourth-order valence-electron chi connectivity index (χ4n) is 1.97. The lowest BCUT2D eigenvalue weighted by molar-refractivity contribution is 0.104. The van der Waals surface area contributed by atoms with Crippen molar-refractivity contribution < 1.29 is 9.84 Å². The largest absolute Gasteiger partial charge is 0.491 e. The molecular weight excluding hydrogens is 226 g/mol. The highest BCUT2D eigenvalue weighted by atomic mass is 16.5. The monoisotopic (exact) mass is 245 g/mol. The maximum Gasteiger partial charge on any atom is 0.124 e. The van der Waals surface area contributed by atoms with Crippen LogP contribution in [0.1, 0.15) is 18.9 Å². The van der Waals surface area contributed by atoms with Gasteiger partial charge in [0.2, 0.25) is 0 Å². The van der Waals surface area contributed by atoms with Crippen molar-refractivity contribution in [3.05, 3.63) is 42.0 Å². The minimum absolute atomic E-state index is 0.307. The van der Waals surface area contributed by atoms with Gasteiger partial charge in [-0.3, -0.25) is 0 Å². The summed E-state index contributed by atoms with van der Waals surface area (Å²) in [5, 5.41) is 11.8. The van der Waals surface area contributed by atoms with Crippen LogP contribution in [0.15, 0.2) is 36.4 Å². The standard InChI is InChI=1S/C15H19NO2/c1-2-12(17)10-18-15-8-7-11-5-3-4-6-13(11)14(15)9-16/h3-8,12,17H,2,9-10,16H2,1H3. The number of nitrogens with two attached hydrogens (primary N) is 1. The molecule has 1 atom stereocenters. The molecular formula is C15H19NO2. The highest BCUT2D eigenvalue weighted by Crippen LogP contribution is 2.27. The fraction of sp³-hybridized carbons (Fsp3) is 0.333. The Labute approximate surface area is 107 Å². The summed E-state index contributed by atoms with van der Waals surface area (Å²) in [6, 6.07) is 12.0. The van der Waals surface area contributed by atoms with Crippen LogP contribution >= 0.6 is 0 Å². The predicted molar refractivity (Wildman–Crippen MR) is 73.6 cm³/mol. The Hall–Kier alpha value is -1.58. The van der Waals surface area contributed by atoms with Gasteiger partial charge in [0.05, 0.1) is 6.10 Å².